The number of carbonyl (C=O) groups is 1. The molecule has 2 heterocycles. The maximum absolute atomic E-state index is 13.5. The highest BCUT2D eigenvalue weighted by Gasteiger charge is 2.19. The van der Waals surface area contributed by atoms with Crippen molar-refractivity contribution >= 4 is 23.1 Å². The fourth-order valence-corrected chi connectivity index (χ4v) is 2.24. The number of hydrogen-bond acceptors (Lipinski definition) is 5. The smallest absolute Gasteiger partial charge is 0.358 e. The molecule has 0 aliphatic heterocycles. The molecular formula is C17H15FN4O3. The van der Waals surface area contributed by atoms with E-state index >= 15 is 0 Å². The number of halogens is 1. The number of azo groups is 1. The Morgan fingerprint density at radius 2 is 2.00 bits per heavy atom. The van der Waals surface area contributed by atoms with E-state index in [2.05, 4.69) is 15.2 Å². The molecule has 0 saturated heterocycles. The van der Waals surface area contributed by atoms with Crippen LogP contribution in [0.1, 0.15) is 24.3 Å². The number of imidazole rings is 1. The molecule has 0 bridgehead atoms. The Bertz CT molecular complexity index is 966. The fraction of sp³-hybridized carbons (Fsp3) is 0.176. The predicted octanol–water partition coefficient (Wildman–Crippen LogP) is 4.37. The van der Waals surface area contributed by atoms with E-state index in [1.54, 1.807) is 24.3 Å². The van der Waals surface area contributed by atoms with Gasteiger partial charge in [-0.05, 0) is 38.1 Å². The molecule has 0 aliphatic rings. The van der Waals surface area contributed by atoms with Crippen LogP contribution in [-0.4, -0.2) is 26.6 Å². The molecule has 0 atom stereocenters. The molecule has 2 aromatic heterocycles. The van der Waals surface area contributed by atoms with E-state index in [1.165, 1.54) is 16.5 Å². The van der Waals surface area contributed by atoms with Gasteiger partial charge in [0, 0.05) is 6.20 Å². The Balaban J connectivity index is 2.09. The van der Waals surface area contributed by atoms with Crippen LogP contribution in [0, 0.1) is 5.82 Å². The fourth-order valence-electron chi connectivity index (χ4n) is 2.24. The second-order valence-corrected chi connectivity index (χ2v) is 5.50. The molecular weight excluding hydrogens is 327 g/mol. The number of benzene rings is 1. The molecule has 0 aliphatic carbocycles. The van der Waals surface area contributed by atoms with Gasteiger partial charge >= 0.3 is 5.97 Å². The first-order valence-electron chi connectivity index (χ1n) is 7.54. The van der Waals surface area contributed by atoms with Crippen molar-refractivity contribution in [2.24, 2.45) is 10.2 Å². The first-order chi connectivity index (χ1) is 12.0. The molecule has 3 aromatic rings. The molecule has 128 valence electrons. The number of ether oxygens (including phenoxy) is 1. The first kappa shape index (κ1) is 16.6. The van der Waals surface area contributed by atoms with Gasteiger partial charge in [-0.2, -0.15) is 0 Å². The molecule has 0 unspecified atom stereocenters. The molecule has 25 heavy (non-hydrogen) atoms. The molecule has 7 nitrogen and oxygen atoms in total. The minimum Gasteiger partial charge on any atom is -0.489 e. The topological polar surface area (TPSA) is 88.5 Å². The normalized spacial score (nSPS) is 11.5. The summed E-state index contributed by atoms with van der Waals surface area (Å²) in [5.74, 6) is -1.37. The average molecular weight is 342 g/mol. The Morgan fingerprint density at radius 1 is 1.24 bits per heavy atom. The minimum absolute atomic E-state index is 0.0594. The third-order valence-corrected chi connectivity index (χ3v) is 3.24. The van der Waals surface area contributed by atoms with Crippen LogP contribution >= 0.6 is 0 Å². The summed E-state index contributed by atoms with van der Waals surface area (Å²) in [5, 5.41) is 17.4. The van der Waals surface area contributed by atoms with Crippen LogP contribution in [-0.2, 0) is 0 Å². The summed E-state index contributed by atoms with van der Waals surface area (Å²) in [6, 6.07) is 9.54. The average Bonchev–Trinajstić information content (AvgIpc) is 2.91. The summed E-state index contributed by atoms with van der Waals surface area (Å²) in [6.07, 6.45) is 1.05. The lowest BCUT2D eigenvalue weighted by Gasteiger charge is -2.10. The van der Waals surface area contributed by atoms with Crippen molar-refractivity contribution in [3.63, 3.8) is 0 Å². The number of pyridine rings is 1. The number of carboxylic acids is 1. The SMILES string of the molecule is CC(C)Oc1ccccc1N=Nc1c(C(=O)O)nc2ccc(F)cn12. The number of aromatic nitrogens is 2. The summed E-state index contributed by atoms with van der Waals surface area (Å²) in [4.78, 5) is 15.4. The second kappa shape index (κ2) is 6.68. The largest absolute Gasteiger partial charge is 0.489 e. The molecule has 1 aromatic carbocycles. The summed E-state index contributed by atoms with van der Waals surface area (Å²) in [7, 11) is 0. The van der Waals surface area contributed by atoms with Crippen molar-refractivity contribution < 1.29 is 19.0 Å². The number of nitrogens with zero attached hydrogens (tertiary/aromatic N) is 4. The van der Waals surface area contributed by atoms with Gasteiger partial charge in [-0.3, -0.25) is 4.40 Å². The van der Waals surface area contributed by atoms with Gasteiger partial charge in [0.15, 0.2) is 11.5 Å². The molecule has 8 heteroatoms. The molecule has 0 saturated carbocycles. The summed E-state index contributed by atoms with van der Waals surface area (Å²) in [5.41, 5.74) is 0.384. The number of fused-ring (bicyclic) bond motifs is 1. The number of carboxylic acid groups (broad SMARTS) is 1. The number of rotatable bonds is 5. The van der Waals surface area contributed by atoms with Gasteiger partial charge < -0.3 is 9.84 Å². The zero-order chi connectivity index (χ0) is 18.0. The van der Waals surface area contributed by atoms with Crippen LogP contribution in [0.25, 0.3) is 5.65 Å². The number of para-hydroxylation sites is 1. The van der Waals surface area contributed by atoms with Crippen molar-refractivity contribution in [3.8, 4) is 5.75 Å². The standard InChI is InChI=1S/C17H15FN4O3/c1-10(2)25-13-6-4-3-5-12(13)20-21-16-15(17(23)24)19-14-8-7-11(18)9-22(14)16/h3-10H,1-2H3,(H,23,24). The molecule has 3 rings (SSSR count). The Hall–Kier alpha value is -3.29. The Kier molecular flexibility index (Phi) is 4.42. The van der Waals surface area contributed by atoms with E-state index in [1.807, 2.05) is 13.8 Å². The maximum Gasteiger partial charge on any atom is 0.358 e. The summed E-state index contributed by atoms with van der Waals surface area (Å²) < 4.78 is 20.4. The summed E-state index contributed by atoms with van der Waals surface area (Å²) >= 11 is 0. The predicted molar refractivity (Wildman–Crippen MR) is 88.5 cm³/mol. The molecule has 1 N–H and O–H groups in total. The van der Waals surface area contributed by atoms with E-state index in [4.69, 9.17) is 4.74 Å². The molecule has 0 radical (unpaired) electrons. The Labute approximate surface area is 142 Å². The van der Waals surface area contributed by atoms with E-state index in [0.717, 1.165) is 6.20 Å². The van der Waals surface area contributed by atoms with Crippen molar-refractivity contribution in [2.45, 2.75) is 20.0 Å². The highest BCUT2D eigenvalue weighted by atomic mass is 19.1. The van der Waals surface area contributed by atoms with Gasteiger partial charge in [0.05, 0.1) is 6.10 Å². The van der Waals surface area contributed by atoms with Crippen LogP contribution in [0.15, 0.2) is 52.8 Å². The zero-order valence-electron chi connectivity index (χ0n) is 13.5. The van der Waals surface area contributed by atoms with Crippen molar-refractivity contribution in [3.05, 3.63) is 54.1 Å². The van der Waals surface area contributed by atoms with Crippen LogP contribution in [0.2, 0.25) is 0 Å². The summed E-state index contributed by atoms with van der Waals surface area (Å²) in [6.45, 7) is 3.76. The Morgan fingerprint density at radius 3 is 2.72 bits per heavy atom. The van der Waals surface area contributed by atoms with E-state index in [9.17, 15) is 14.3 Å². The quantitative estimate of drug-likeness (QED) is 0.697. The van der Waals surface area contributed by atoms with E-state index in [-0.39, 0.29) is 23.3 Å². The first-order valence-corrected chi connectivity index (χ1v) is 7.54. The van der Waals surface area contributed by atoms with Crippen LogP contribution in [0.5, 0.6) is 5.75 Å². The highest BCUT2D eigenvalue weighted by molar-refractivity contribution is 5.91. The van der Waals surface area contributed by atoms with Gasteiger partial charge in [-0.1, -0.05) is 12.1 Å². The van der Waals surface area contributed by atoms with Crippen molar-refractivity contribution in [1.82, 2.24) is 9.38 Å². The third kappa shape index (κ3) is 3.47. The lowest BCUT2D eigenvalue weighted by Crippen LogP contribution is -2.05. The molecule has 0 fully saturated rings. The minimum atomic E-state index is -1.27. The monoisotopic (exact) mass is 342 g/mol. The number of aromatic carboxylic acids is 1. The van der Waals surface area contributed by atoms with Gasteiger partial charge in [0.2, 0.25) is 0 Å². The van der Waals surface area contributed by atoms with Crippen LogP contribution < -0.4 is 4.74 Å². The number of hydrogen-bond donors (Lipinski definition) is 1. The zero-order valence-corrected chi connectivity index (χ0v) is 13.5. The van der Waals surface area contributed by atoms with Crippen molar-refractivity contribution in [2.75, 3.05) is 0 Å². The molecule has 0 spiro atoms. The van der Waals surface area contributed by atoms with Gasteiger partial charge in [0.1, 0.15) is 22.9 Å². The van der Waals surface area contributed by atoms with Crippen LogP contribution in [0.4, 0.5) is 15.9 Å². The highest BCUT2D eigenvalue weighted by Crippen LogP contribution is 2.31. The maximum atomic E-state index is 13.5. The van der Waals surface area contributed by atoms with Gasteiger partial charge in [-0.25, -0.2) is 14.2 Å². The lowest BCUT2D eigenvalue weighted by molar-refractivity contribution is 0.0692. The van der Waals surface area contributed by atoms with E-state index in [0.29, 0.717) is 11.4 Å². The second-order valence-electron chi connectivity index (χ2n) is 5.50. The molecule has 0 amide bonds. The van der Waals surface area contributed by atoms with Crippen LogP contribution in [0.3, 0.4) is 0 Å². The van der Waals surface area contributed by atoms with Gasteiger partial charge in [0.25, 0.3) is 0 Å². The van der Waals surface area contributed by atoms with E-state index < -0.39 is 11.8 Å². The van der Waals surface area contributed by atoms with Gasteiger partial charge in [-0.15, -0.1) is 10.2 Å². The third-order valence-electron chi connectivity index (χ3n) is 3.24. The lowest BCUT2D eigenvalue weighted by atomic mass is 10.3. The van der Waals surface area contributed by atoms with Crippen molar-refractivity contribution in [1.29, 1.82) is 0 Å².